The molecule has 0 atom stereocenters. The Hall–Kier alpha value is -2.03. The third-order valence-electron chi connectivity index (χ3n) is 3.41. The number of rotatable bonds is 5. The zero-order valence-corrected chi connectivity index (χ0v) is 12.7. The van der Waals surface area contributed by atoms with Crippen LogP contribution >= 0.6 is 0 Å². The standard InChI is InChI=1S/C17H22N2O/c1-5-19(6-2)17-9-7-16(8-10-17)18-12-15-11-13(3)20-14(15)4/h7-12H,5-6H2,1-4H3. The summed E-state index contributed by atoms with van der Waals surface area (Å²) in [6.45, 7) is 10.3. The normalized spacial score (nSPS) is 11.2. The molecule has 0 saturated carbocycles. The molecule has 0 aliphatic rings. The van der Waals surface area contributed by atoms with Crippen LogP contribution in [0.2, 0.25) is 0 Å². The van der Waals surface area contributed by atoms with E-state index in [2.05, 4.69) is 35.9 Å². The lowest BCUT2D eigenvalue weighted by molar-refractivity contribution is 0.504. The van der Waals surface area contributed by atoms with Crippen LogP contribution in [0.5, 0.6) is 0 Å². The third-order valence-corrected chi connectivity index (χ3v) is 3.41. The van der Waals surface area contributed by atoms with Gasteiger partial charge in [0.1, 0.15) is 11.5 Å². The second-order valence-electron chi connectivity index (χ2n) is 4.82. The molecule has 0 amide bonds. The molecule has 0 aliphatic carbocycles. The van der Waals surface area contributed by atoms with Gasteiger partial charge in [-0.3, -0.25) is 4.99 Å². The van der Waals surface area contributed by atoms with Crippen molar-refractivity contribution in [3.8, 4) is 0 Å². The molecule has 1 heterocycles. The maximum atomic E-state index is 5.48. The van der Waals surface area contributed by atoms with Crippen molar-refractivity contribution in [1.82, 2.24) is 0 Å². The highest BCUT2D eigenvalue weighted by Crippen LogP contribution is 2.20. The van der Waals surface area contributed by atoms with E-state index in [1.165, 1.54) is 5.69 Å². The minimum Gasteiger partial charge on any atom is -0.466 e. The third kappa shape index (κ3) is 3.29. The second kappa shape index (κ2) is 6.42. The quantitative estimate of drug-likeness (QED) is 0.749. The Bertz CT molecular complexity index is 578. The number of anilines is 1. The van der Waals surface area contributed by atoms with E-state index in [1.807, 2.05) is 38.3 Å². The summed E-state index contributed by atoms with van der Waals surface area (Å²) in [6.07, 6.45) is 1.86. The molecular formula is C17H22N2O. The molecule has 2 rings (SSSR count). The first-order valence-electron chi connectivity index (χ1n) is 7.10. The van der Waals surface area contributed by atoms with Gasteiger partial charge in [-0.15, -0.1) is 0 Å². The zero-order chi connectivity index (χ0) is 14.5. The van der Waals surface area contributed by atoms with Gasteiger partial charge in [0.25, 0.3) is 0 Å². The van der Waals surface area contributed by atoms with E-state index >= 15 is 0 Å². The number of hydrogen-bond donors (Lipinski definition) is 0. The van der Waals surface area contributed by atoms with Gasteiger partial charge in [-0.1, -0.05) is 0 Å². The van der Waals surface area contributed by atoms with Crippen molar-refractivity contribution in [3.63, 3.8) is 0 Å². The second-order valence-corrected chi connectivity index (χ2v) is 4.82. The number of nitrogens with zero attached hydrogens (tertiary/aromatic N) is 2. The van der Waals surface area contributed by atoms with Gasteiger partial charge in [-0.05, 0) is 58.0 Å². The molecule has 0 unspecified atom stereocenters. The van der Waals surface area contributed by atoms with Gasteiger partial charge in [-0.2, -0.15) is 0 Å². The molecule has 2 aromatic rings. The molecule has 0 radical (unpaired) electrons. The average Bonchev–Trinajstić information content (AvgIpc) is 2.77. The van der Waals surface area contributed by atoms with Crippen molar-refractivity contribution < 1.29 is 4.42 Å². The summed E-state index contributed by atoms with van der Waals surface area (Å²) in [5.41, 5.74) is 3.23. The Labute approximate surface area is 120 Å². The summed E-state index contributed by atoms with van der Waals surface area (Å²) in [6, 6.07) is 10.3. The van der Waals surface area contributed by atoms with Gasteiger partial charge < -0.3 is 9.32 Å². The van der Waals surface area contributed by atoms with E-state index in [0.717, 1.165) is 35.9 Å². The van der Waals surface area contributed by atoms with Crippen molar-refractivity contribution >= 4 is 17.6 Å². The summed E-state index contributed by atoms with van der Waals surface area (Å²) in [4.78, 5) is 6.82. The highest BCUT2D eigenvalue weighted by atomic mass is 16.3. The topological polar surface area (TPSA) is 28.7 Å². The summed E-state index contributed by atoms with van der Waals surface area (Å²) in [5, 5.41) is 0. The fourth-order valence-corrected chi connectivity index (χ4v) is 2.26. The van der Waals surface area contributed by atoms with Gasteiger partial charge in [0.2, 0.25) is 0 Å². The molecule has 20 heavy (non-hydrogen) atoms. The fraction of sp³-hybridized carbons (Fsp3) is 0.353. The molecule has 3 heteroatoms. The Morgan fingerprint density at radius 1 is 1.10 bits per heavy atom. The van der Waals surface area contributed by atoms with Crippen molar-refractivity contribution in [1.29, 1.82) is 0 Å². The molecule has 0 saturated heterocycles. The maximum absolute atomic E-state index is 5.48. The van der Waals surface area contributed by atoms with Crippen molar-refractivity contribution in [3.05, 3.63) is 47.4 Å². The van der Waals surface area contributed by atoms with Crippen LogP contribution in [-0.4, -0.2) is 19.3 Å². The number of aliphatic imine (C=N–C) groups is 1. The minimum absolute atomic E-state index is 0.908. The van der Waals surface area contributed by atoms with E-state index in [-0.39, 0.29) is 0 Å². The van der Waals surface area contributed by atoms with Crippen LogP contribution in [0.15, 0.2) is 39.7 Å². The van der Waals surface area contributed by atoms with Crippen molar-refractivity contribution in [2.45, 2.75) is 27.7 Å². The monoisotopic (exact) mass is 270 g/mol. The molecule has 0 fully saturated rings. The zero-order valence-electron chi connectivity index (χ0n) is 12.7. The van der Waals surface area contributed by atoms with Crippen LogP contribution in [0.4, 0.5) is 11.4 Å². The first kappa shape index (κ1) is 14.4. The molecule has 3 nitrogen and oxygen atoms in total. The predicted octanol–water partition coefficient (Wildman–Crippen LogP) is 4.49. The van der Waals surface area contributed by atoms with Crippen LogP contribution in [0.3, 0.4) is 0 Å². The molecule has 0 bridgehead atoms. The molecule has 1 aromatic carbocycles. The fourth-order valence-electron chi connectivity index (χ4n) is 2.26. The largest absolute Gasteiger partial charge is 0.466 e. The molecule has 0 aliphatic heterocycles. The molecule has 106 valence electrons. The van der Waals surface area contributed by atoms with Crippen LogP contribution in [0.25, 0.3) is 0 Å². The molecule has 1 aromatic heterocycles. The van der Waals surface area contributed by atoms with Gasteiger partial charge in [0.05, 0.1) is 5.69 Å². The smallest absolute Gasteiger partial charge is 0.109 e. The average molecular weight is 270 g/mol. The van der Waals surface area contributed by atoms with E-state index in [1.54, 1.807) is 0 Å². The molecular weight excluding hydrogens is 248 g/mol. The van der Waals surface area contributed by atoms with E-state index in [0.29, 0.717) is 0 Å². The summed E-state index contributed by atoms with van der Waals surface area (Å²) >= 11 is 0. The van der Waals surface area contributed by atoms with E-state index in [4.69, 9.17) is 4.42 Å². The van der Waals surface area contributed by atoms with Gasteiger partial charge in [0.15, 0.2) is 0 Å². The van der Waals surface area contributed by atoms with Crippen LogP contribution in [0, 0.1) is 13.8 Å². The number of aryl methyl sites for hydroxylation is 2. The van der Waals surface area contributed by atoms with Gasteiger partial charge >= 0.3 is 0 Å². The van der Waals surface area contributed by atoms with E-state index < -0.39 is 0 Å². The maximum Gasteiger partial charge on any atom is 0.109 e. The highest BCUT2D eigenvalue weighted by molar-refractivity contribution is 5.83. The lowest BCUT2D eigenvalue weighted by atomic mass is 10.2. The minimum atomic E-state index is 0.908. The summed E-state index contributed by atoms with van der Waals surface area (Å²) < 4.78 is 5.48. The Kier molecular flexibility index (Phi) is 4.61. The van der Waals surface area contributed by atoms with Crippen molar-refractivity contribution in [2.75, 3.05) is 18.0 Å². The predicted molar refractivity (Wildman–Crippen MR) is 85.4 cm³/mol. The van der Waals surface area contributed by atoms with Crippen molar-refractivity contribution in [2.24, 2.45) is 4.99 Å². The number of furan rings is 1. The highest BCUT2D eigenvalue weighted by Gasteiger charge is 2.02. The molecule has 0 N–H and O–H groups in total. The van der Waals surface area contributed by atoms with Gasteiger partial charge in [0, 0.05) is 30.6 Å². The number of hydrogen-bond acceptors (Lipinski definition) is 3. The summed E-state index contributed by atoms with van der Waals surface area (Å²) in [5.74, 6) is 1.83. The molecule has 0 spiro atoms. The first-order valence-corrected chi connectivity index (χ1v) is 7.10. The van der Waals surface area contributed by atoms with Crippen LogP contribution in [-0.2, 0) is 0 Å². The Morgan fingerprint density at radius 2 is 1.75 bits per heavy atom. The lowest BCUT2D eigenvalue weighted by Gasteiger charge is -2.20. The summed E-state index contributed by atoms with van der Waals surface area (Å²) in [7, 11) is 0. The van der Waals surface area contributed by atoms with Gasteiger partial charge in [-0.25, -0.2) is 0 Å². The number of benzene rings is 1. The van der Waals surface area contributed by atoms with E-state index in [9.17, 15) is 0 Å². The Morgan fingerprint density at radius 3 is 2.25 bits per heavy atom. The Balaban J connectivity index is 2.13. The lowest BCUT2D eigenvalue weighted by Crippen LogP contribution is -2.21. The SMILES string of the molecule is CCN(CC)c1ccc(N=Cc2cc(C)oc2C)cc1. The first-order chi connectivity index (χ1) is 9.63. The van der Waals surface area contributed by atoms with Crippen LogP contribution < -0.4 is 4.90 Å². The van der Waals surface area contributed by atoms with Crippen LogP contribution in [0.1, 0.15) is 30.9 Å².